The third-order valence-corrected chi connectivity index (χ3v) is 7.50. The molecular formula is C27H32N4O3. The number of carbonyl (C=O) groups is 2. The average Bonchev–Trinajstić information content (AvgIpc) is 3.19. The molecule has 4 N–H and O–H groups in total. The number of nitrogens with zero attached hydrogens (tertiary/aromatic N) is 1. The van der Waals surface area contributed by atoms with Crippen LogP contribution in [0.2, 0.25) is 0 Å². The number of amides is 2. The Morgan fingerprint density at radius 3 is 2.59 bits per heavy atom. The van der Waals surface area contributed by atoms with Crippen molar-refractivity contribution in [3.63, 3.8) is 0 Å². The summed E-state index contributed by atoms with van der Waals surface area (Å²) in [6, 6.07) is 12.6. The van der Waals surface area contributed by atoms with Crippen molar-refractivity contribution < 1.29 is 14.7 Å². The summed E-state index contributed by atoms with van der Waals surface area (Å²) < 4.78 is 0. The van der Waals surface area contributed by atoms with Crippen molar-refractivity contribution in [1.29, 1.82) is 5.41 Å². The monoisotopic (exact) mass is 460 g/mol. The summed E-state index contributed by atoms with van der Waals surface area (Å²) >= 11 is 0. The number of aliphatic hydroxyl groups is 1. The second-order valence-electron chi connectivity index (χ2n) is 10.9. The molecule has 7 heteroatoms. The highest BCUT2D eigenvalue weighted by Crippen LogP contribution is 2.45. The molecule has 2 aliphatic carbocycles. The fourth-order valence-electron chi connectivity index (χ4n) is 5.88. The van der Waals surface area contributed by atoms with E-state index in [1.165, 1.54) is 0 Å². The fourth-order valence-corrected chi connectivity index (χ4v) is 5.88. The largest absolute Gasteiger partial charge is 0.387 e. The van der Waals surface area contributed by atoms with Gasteiger partial charge in [-0.3, -0.25) is 19.9 Å². The molecule has 2 amide bonds. The van der Waals surface area contributed by atoms with E-state index in [-0.39, 0.29) is 29.7 Å². The first-order chi connectivity index (χ1) is 16.0. The molecule has 1 fully saturated rings. The Kier molecular flexibility index (Phi) is 5.09. The minimum atomic E-state index is -1.07. The summed E-state index contributed by atoms with van der Waals surface area (Å²) in [5.41, 5.74) is 2.97. The number of carbonyl (C=O) groups excluding carboxylic acids is 2. The van der Waals surface area contributed by atoms with E-state index in [1.807, 2.05) is 56.3 Å². The van der Waals surface area contributed by atoms with Gasteiger partial charge in [0, 0.05) is 23.9 Å². The van der Waals surface area contributed by atoms with Crippen LogP contribution in [0.1, 0.15) is 91.1 Å². The number of rotatable bonds is 3. The third kappa shape index (κ3) is 3.68. The van der Waals surface area contributed by atoms with Gasteiger partial charge in [-0.15, -0.1) is 0 Å². The predicted molar refractivity (Wildman–Crippen MR) is 130 cm³/mol. The molecule has 1 heterocycles. The highest BCUT2D eigenvalue weighted by Gasteiger charge is 2.44. The van der Waals surface area contributed by atoms with E-state index in [4.69, 9.17) is 5.41 Å². The molecule has 0 aromatic heterocycles. The van der Waals surface area contributed by atoms with Crippen LogP contribution in [0.15, 0.2) is 42.5 Å². The van der Waals surface area contributed by atoms with Gasteiger partial charge in [0.25, 0.3) is 5.91 Å². The molecule has 2 aromatic rings. The lowest BCUT2D eigenvalue weighted by Crippen LogP contribution is -2.60. The molecule has 0 saturated carbocycles. The van der Waals surface area contributed by atoms with Crippen LogP contribution in [-0.4, -0.2) is 38.9 Å². The number of hydrogen-bond donors (Lipinski definition) is 4. The maximum atomic E-state index is 13.3. The van der Waals surface area contributed by atoms with Crippen LogP contribution in [0, 0.1) is 5.41 Å². The molecule has 178 valence electrons. The Morgan fingerprint density at radius 1 is 1.12 bits per heavy atom. The lowest BCUT2D eigenvalue weighted by atomic mass is 9.95. The van der Waals surface area contributed by atoms with E-state index < -0.39 is 17.2 Å². The number of fused-ring (bicyclic) bond motifs is 2. The summed E-state index contributed by atoms with van der Waals surface area (Å²) in [5, 5.41) is 25.7. The molecular weight excluding hydrogens is 428 g/mol. The molecule has 3 aliphatic rings. The minimum Gasteiger partial charge on any atom is -0.387 e. The summed E-state index contributed by atoms with van der Waals surface area (Å²) in [7, 11) is 0. The summed E-state index contributed by atoms with van der Waals surface area (Å²) in [4.78, 5) is 27.9. The Bertz CT molecular complexity index is 1180. The first-order valence-corrected chi connectivity index (χ1v) is 11.9. The summed E-state index contributed by atoms with van der Waals surface area (Å²) in [5.74, 6) is -0.00972. The van der Waals surface area contributed by atoms with Gasteiger partial charge in [0.15, 0.2) is 5.96 Å². The Balaban J connectivity index is 1.43. The zero-order valence-electron chi connectivity index (χ0n) is 20.1. The maximum Gasteiger partial charge on any atom is 0.251 e. The quantitative estimate of drug-likeness (QED) is 0.562. The number of benzene rings is 2. The van der Waals surface area contributed by atoms with E-state index in [1.54, 1.807) is 11.8 Å². The summed E-state index contributed by atoms with van der Waals surface area (Å²) in [6.45, 7) is 7.70. The van der Waals surface area contributed by atoms with Crippen LogP contribution in [0.25, 0.3) is 0 Å². The van der Waals surface area contributed by atoms with Crippen LogP contribution in [0.4, 0.5) is 0 Å². The van der Waals surface area contributed by atoms with E-state index in [9.17, 15) is 14.7 Å². The van der Waals surface area contributed by atoms with Crippen molar-refractivity contribution in [2.24, 2.45) is 0 Å². The lowest BCUT2D eigenvalue weighted by molar-refractivity contribution is -0.132. The second kappa shape index (κ2) is 7.67. The molecule has 1 saturated heterocycles. The first kappa shape index (κ1) is 22.6. The van der Waals surface area contributed by atoms with Crippen LogP contribution >= 0.6 is 0 Å². The molecule has 1 aliphatic heterocycles. The van der Waals surface area contributed by atoms with Crippen LogP contribution in [0.5, 0.6) is 0 Å². The fraction of sp³-hybridized carbons (Fsp3) is 0.444. The topological polar surface area (TPSA) is 106 Å². The van der Waals surface area contributed by atoms with E-state index in [2.05, 4.69) is 17.6 Å². The second-order valence-corrected chi connectivity index (χ2v) is 10.9. The first-order valence-electron chi connectivity index (χ1n) is 11.9. The van der Waals surface area contributed by atoms with Crippen molar-refractivity contribution in [2.45, 2.75) is 76.1 Å². The maximum absolute atomic E-state index is 13.3. The van der Waals surface area contributed by atoms with Crippen molar-refractivity contribution in [2.75, 3.05) is 0 Å². The summed E-state index contributed by atoms with van der Waals surface area (Å²) in [6.07, 6.45) is 1.51. The Hall–Kier alpha value is -3.19. The number of guanidine groups is 1. The Labute approximate surface area is 200 Å². The average molecular weight is 461 g/mol. The molecule has 2 aromatic carbocycles. The molecule has 7 nitrogen and oxygen atoms in total. The van der Waals surface area contributed by atoms with Crippen molar-refractivity contribution in [3.05, 3.63) is 70.3 Å². The highest BCUT2D eigenvalue weighted by molar-refractivity contribution is 6.00. The van der Waals surface area contributed by atoms with Gasteiger partial charge in [-0.05, 0) is 67.5 Å². The van der Waals surface area contributed by atoms with Crippen LogP contribution in [-0.2, 0) is 11.2 Å². The van der Waals surface area contributed by atoms with Gasteiger partial charge in [0.2, 0.25) is 5.91 Å². The number of nitrogens with one attached hydrogen (secondary N) is 3. The zero-order chi connectivity index (χ0) is 24.4. The van der Waals surface area contributed by atoms with Gasteiger partial charge in [0.1, 0.15) is 0 Å². The highest BCUT2D eigenvalue weighted by atomic mass is 16.3. The molecule has 34 heavy (non-hydrogen) atoms. The van der Waals surface area contributed by atoms with Gasteiger partial charge < -0.3 is 15.7 Å². The Morgan fingerprint density at radius 2 is 1.85 bits per heavy atom. The van der Waals surface area contributed by atoms with Gasteiger partial charge in [-0.2, -0.15) is 0 Å². The van der Waals surface area contributed by atoms with Crippen LogP contribution in [0.3, 0.4) is 0 Å². The van der Waals surface area contributed by atoms with Gasteiger partial charge in [-0.1, -0.05) is 37.3 Å². The smallest absolute Gasteiger partial charge is 0.251 e. The van der Waals surface area contributed by atoms with E-state index >= 15 is 0 Å². The third-order valence-electron chi connectivity index (χ3n) is 7.50. The lowest BCUT2D eigenvalue weighted by Gasteiger charge is -2.41. The van der Waals surface area contributed by atoms with Crippen molar-refractivity contribution in [1.82, 2.24) is 15.5 Å². The molecule has 5 rings (SSSR count). The molecule has 4 atom stereocenters. The van der Waals surface area contributed by atoms with Crippen LogP contribution < -0.4 is 10.6 Å². The zero-order valence-corrected chi connectivity index (χ0v) is 20.1. The SMILES string of the molecule is C[C@@H]1C[C@@H](N2C(=N)NC(C)(C)CC2=O)c2cc(C(=O)N[C@@H]3c4ccccc4C[C@]3(C)O)ccc21. The number of hydrogen-bond acceptors (Lipinski definition) is 4. The van der Waals surface area contributed by atoms with Gasteiger partial charge in [0.05, 0.1) is 17.7 Å². The molecule has 0 spiro atoms. The normalized spacial score (nSPS) is 29.4. The molecule has 0 radical (unpaired) electrons. The molecule has 0 bridgehead atoms. The van der Waals surface area contributed by atoms with Crippen molar-refractivity contribution >= 4 is 17.8 Å². The van der Waals surface area contributed by atoms with E-state index in [0.717, 1.165) is 22.3 Å². The minimum absolute atomic E-state index is 0.0766. The van der Waals surface area contributed by atoms with Crippen molar-refractivity contribution in [3.8, 4) is 0 Å². The standard InChI is InChI=1S/C27H32N4O3/c1-15-11-21(31-22(32)14-26(2,3)30-25(31)28)20-12-16(9-10-18(15)20)24(33)29-23-19-8-6-5-7-17(19)13-27(23,4)34/h5-10,12,15,21,23,34H,11,13-14H2,1-4H3,(H2,28,30)(H,29,33)/t15-,21-,23-,27+/m1/s1. The predicted octanol–water partition coefficient (Wildman–Crippen LogP) is 3.55. The van der Waals surface area contributed by atoms with E-state index in [0.29, 0.717) is 24.8 Å². The molecule has 0 unspecified atom stereocenters. The van der Waals surface area contributed by atoms with Gasteiger partial charge in [-0.25, -0.2) is 0 Å². The van der Waals surface area contributed by atoms with Gasteiger partial charge >= 0.3 is 0 Å².